The van der Waals surface area contributed by atoms with E-state index in [4.69, 9.17) is 4.42 Å². The zero-order valence-corrected chi connectivity index (χ0v) is 7.99. The lowest BCUT2D eigenvalue weighted by atomic mass is 10.3. The van der Waals surface area contributed by atoms with E-state index in [-0.39, 0.29) is 0 Å². The van der Waals surface area contributed by atoms with Crippen molar-refractivity contribution in [2.45, 2.75) is 19.0 Å². The molecule has 1 aliphatic heterocycles. The molecule has 1 unspecified atom stereocenters. The number of rotatable bonds is 3. The van der Waals surface area contributed by atoms with E-state index in [0.717, 1.165) is 18.8 Å². The number of likely N-dealkylation sites (tertiary alicyclic amines) is 1. The van der Waals surface area contributed by atoms with E-state index in [1.165, 1.54) is 13.0 Å². The van der Waals surface area contributed by atoms with Crippen molar-refractivity contribution in [3.05, 3.63) is 24.2 Å². The minimum Gasteiger partial charge on any atom is -0.468 e. The predicted molar refractivity (Wildman–Crippen MR) is 51.4 cm³/mol. The molecule has 1 aliphatic rings. The van der Waals surface area contributed by atoms with Crippen LogP contribution < -0.4 is 5.32 Å². The first-order valence-electron chi connectivity index (χ1n) is 4.80. The van der Waals surface area contributed by atoms with E-state index in [1.54, 1.807) is 6.26 Å². The van der Waals surface area contributed by atoms with Gasteiger partial charge in [0, 0.05) is 19.1 Å². The zero-order valence-electron chi connectivity index (χ0n) is 7.99. The second kappa shape index (κ2) is 3.94. The van der Waals surface area contributed by atoms with E-state index in [0.29, 0.717) is 6.04 Å². The van der Waals surface area contributed by atoms with Crippen molar-refractivity contribution >= 4 is 0 Å². The molecule has 0 spiro atoms. The van der Waals surface area contributed by atoms with Crippen LogP contribution in [0.4, 0.5) is 0 Å². The van der Waals surface area contributed by atoms with Gasteiger partial charge >= 0.3 is 0 Å². The Kier molecular flexibility index (Phi) is 2.66. The molecule has 2 rings (SSSR count). The van der Waals surface area contributed by atoms with Crippen LogP contribution in [-0.4, -0.2) is 31.1 Å². The van der Waals surface area contributed by atoms with Crippen LogP contribution in [0.1, 0.15) is 12.2 Å². The molecule has 3 nitrogen and oxygen atoms in total. The maximum atomic E-state index is 5.30. The summed E-state index contributed by atoms with van der Waals surface area (Å²) < 4.78 is 5.30. The summed E-state index contributed by atoms with van der Waals surface area (Å²) in [5, 5.41) is 3.30. The minimum atomic E-state index is 0.662. The lowest BCUT2D eigenvalue weighted by Crippen LogP contribution is -2.29. The summed E-state index contributed by atoms with van der Waals surface area (Å²) in [5.41, 5.74) is 0. The Balaban J connectivity index is 1.84. The van der Waals surface area contributed by atoms with E-state index in [1.807, 2.05) is 19.2 Å². The molecule has 1 saturated heterocycles. The predicted octanol–water partition coefficient (Wildman–Crippen LogP) is 1.07. The Hall–Kier alpha value is -0.800. The Bertz CT molecular complexity index is 245. The topological polar surface area (TPSA) is 28.4 Å². The van der Waals surface area contributed by atoms with Gasteiger partial charge in [0.15, 0.2) is 0 Å². The molecule has 1 N–H and O–H groups in total. The highest BCUT2D eigenvalue weighted by atomic mass is 16.3. The number of hydrogen-bond donors (Lipinski definition) is 1. The third kappa shape index (κ3) is 2.11. The van der Waals surface area contributed by atoms with Crippen LogP contribution in [0.5, 0.6) is 0 Å². The summed E-state index contributed by atoms with van der Waals surface area (Å²) in [6, 6.07) is 4.64. The Morgan fingerprint density at radius 2 is 2.62 bits per heavy atom. The van der Waals surface area contributed by atoms with Crippen molar-refractivity contribution in [1.29, 1.82) is 0 Å². The molecular weight excluding hydrogens is 164 g/mol. The SMILES string of the molecule is CNC1CCN(Cc2ccco2)C1. The van der Waals surface area contributed by atoms with Crippen LogP contribution in [0.15, 0.2) is 22.8 Å². The summed E-state index contributed by atoms with van der Waals surface area (Å²) in [5.74, 6) is 1.07. The quantitative estimate of drug-likeness (QED) is 0.754. The highest BCUT2D eigenvalue weighted by molar-refractivity contribution is 4.98. The standard InChI is InChI=1S/C10H16N2O/c1-11-9-4-5-12(7-9)8-10-3-2-6-13-10/h2-3,6,9,11H,4-5,7-8H2,1H3. The van der Waals surface area contributed by atoms with Gasteiger partial charge in [-0.2, -0.15) is 0 Å². The summed E-state index contributed by atoms with van der Waals surface area (Å²) in [4.78, 5) is 2.42. The Labute approximate surface area is 78.7 Å². The summed E-state index contributed by atoms with van der Waals surface area (Å²) in [6.07, 6.45) is 2.98. The lowest BCUT2D eigenvalue weighted by molar-refractivity contribution is 0.291. The van der Waals surface area contributed by atoms with Gasteiger partial charge in [-0.1, -0.05) is 0 Å². The van der Waals surface area contributed by atoms with Gasteiger partial charge in [-0.3, -0.25) is 4.90 Å². The van der Waals surface area contributed by atoms with Crippen molar-refractivity contribution in [3.8, 4) is 0 Å². The van der Waals surface area contributed by atoms with Crippen LogP contribution in [-0.2, 0) is 6.54 Å². The first-order chi connectivity index (χ1) is 6.38. The molecule has 1 atom stereocenters. The van der Waals surface area contributed by atoms with Gasteiger partial charge in [-0.05, 0) is 25.6 Å². The fourth-order valence-corrected chi connectivity index (χ4v) is 1.83. The van der Waals surface area contributed by atoms with Crippen molar-refractivity contribution in [3.63, 3.8) is 0 Å². The average molecular weight is 180 g/mol. The zero-order chi connectivity index (χ0) is 9.10. The first kappa shape index (κ1) is 8.78. The maximum Gasteiger partial charge on any atom is 0.117 e. The molecule has 72 valence electrons. The molecule has 13 heavy (non-hydrogen) atoms. The van der Waals surface area contributed by atoms with Gasteiger partial charge in [0.1, 0.15) is 5.76 Å². The molecule has 2 heterocycles. The number of furan rings is 1. The Morgan fingerprint density at radius 3 is 3.23 bits per heavy atom. The van der Waals surface area contributed by atoms with Crippen LogP contribution in [0.2, 0.25) is 0 Å². The van der Waals surface area contributed by atoms with Gasteiger partial charge in [-0.25, -0.2) is 0 Å². The van der Waals surface area contributed by atoms with Crippen molar-refractivity contribution in [2.75, 3.05) is 20.1 Å². The van der Waals surface area contributed by atoms with E-state index >= 15 is 0 Å². The van der Waals surface area contributed by atoms with Gasteiger partial charge in [0.2, 0.25) is 0 Å². The highest BCUT2D eigenvalue weighted by Crippen LogP contribution is 2.13. The molecular formula is C10H16N2O. The summed E-state index contributed by atoms with van der Waals surface area (Å²) in [7, 11) is 2.03. The van der Waals surface area contributed by atoms with Crippen molar-refractivity contribution in [1.82, 2.24) is 10.2 Å². The smallest absolute Gasteiger partial charge is 0.117 e. The van der Waals surface area contributed by atoms with Gasteiger partial charge in [0.25, 0.3) is 0 Å². The number of nitrogens with one attached hydrogen (secondary N) is 1. The average Bonchev–Trinajstić information content (AvgIpc) is 2.76. The Morgan fingerprint density at radius 1 is 1.69 bits per heavy atom. The number of hydrogen-bond acceptors (Lipinski definition) is 3. The molecule has 0 aromatic carbocycles. The molecule has 0 bridgehead atoms. The fraction of sp³-hybridized carbons (Fsp3) is 0.600. The minimum absolute atomic E-state index is 0.662. The number of likely N-dealkylation sites (N-methyl/N-ethyl adjacent to an activating group) is 1. The molecule has 0 radical (unpaired) electrons. The van der Waals surface area contributed by atoms with E-state index in [9.17, 15) is 0 Å². The van der Waals surface area contributed by atoms with Gasteiger partial charge in [-0.15, -0.1) is 0 Å². The van der Waals surface area contributed by atoms with Gasteiger partial charge in [0.05, 0.1) is 12.8 Å². The second-order valence-corrected chi connectivity index (χ2v) is 3.59. The molecule has 3 heteroatoms. The number of nitrogens with zero attached hydrogens (tertiary/aromatic N) is 1. The second-order valence-electron chi connectivity index (χ2n) is 3.59. The highest BCUT2D eigenvalue weighted by Gasteiger charge is 2.21. The van der Waals surface area contributed by atoms with Crippen LogP contribution >= 0.6 is 0 Å². The molecule has 0 saturated carbocycles. The fourth-order valence-electron chi connectivity index (χ4n) is 1.83. The summed E-state index contributed by atoms with van der Waals surface area (Å²) in [6.45, 7) is 3.26. The monoisotopic (exact) mass is 180 g/mol. The normalized spacial score (nSPS) is 23.9. The lowest BCUT2D eigenvalue weighted by Gasteiger charge is -2.13. The third-order valence-electron chi connectivity index (χ3n) is 2.64. The largest absolute Gasteiger partial charge is 0.468 e. The first-order valence-corrected chi connectivity index (χ1v) is 4.80. The van der Waals surface area contributed by atoms with E-state index in [2.05, 4.69) is 10.2 Å². The van der Waals surface area contributed by atoms with Crippen LogP contribution in [0, 0.1) is 0 Å². The van der Waals surface area contributed by atoms with E-state index < -0.39 is 0 Å². The molecule has 0 aliphatic carbocycles. The molecule has 1 fully saturated rings. The summed E-state index contributed by atoms with van der Waals surface area (Å²) >= 11 is 0. The van der Waals surface area contributed by atoms with Crippen LogP contribution in [0.3, 0.4) is 0 Å². The molecule has 1 aromatic rings. The van der Waals surface area contributed by atoms with Crippen molar-refractivity contribution in [2.24, 2.45) is 0 Å². The third-order valence-corrected chi connectivity index (χ3v) is 2.64. The van der Waals surface area contributed by atoms with Crippen molar-refractivity contribution < 1.29 is 4.42 Å². The molecule has 1 aromatic heterocycles. The van der Waals surface area contributed by atoms with Crippen LogP contribution in [0.25, 0.3) is 0 Å². The molecule has 0 amide bonds. The van der Waals surface area contributed by atoms with Gasteiger partial charge < -0.3 is 9.73 Å². The maximum absolute atomic E-state index is 5.30.